The Balaban J connectivity index is 1.45. The maximum atomic E-state index is 12.6. The molecule has 0 unspecified atom stereocenters. The molecule has 0 bridgehead atoms. The third-order valence-electron chi connectivity index (χ3n) is 4.89. The molecular formula is C19H23F3N4OS. The highest BCUT2D eigenvalue weighted by molar-refractivity contribution is 7.09. The number of nitrogens with one attached hydrogen (secondary N) is 1. The number of carbonyl (C=O) groups is 1. The SMILES string of the molecule is C[C@H](C(=O)NCCc1cccs1)N1CCN(c2ccc(C(F)(F)F)cn2)CC1. The van der Waals surface area contributed by atoms with Crippen molar-refractivity contribution in [1.82, 2.24) is 15.2 Å². The number of halogens is 3. The predicted octanol–water partition coefficient (Wildman–Crippen LogP) is 3.03. The van der Waals surface area contributed by atoms with E-state index >= 15 is 0 Å². The van der Waals surface area contributed by atoms with Crippen LogP contribution in [-0.4, -0.2) is 54.6 Å². The van der Waals surface area contributed by atoms with Gasteiger partial charge in [-0.15, -0.1) is 11.3 Å². The smallest absolute Gasteiger partial charge is 0.354 e. The molecule has 3 rings (SSSR count). The molecule has 0 spiro atoms. The molecule has 9 heteroatoms. The second-order valence-electron chi connectivity index (χ2n) is 6.72. The Kier molecular flexibility index (Phi) is 6.56. The van der Waals surface area contributed by atoms with Gasteiger partial charge in [-0.25, -0.2) is 4.98 Å². The monoisotopic (exact) mass is 412 g/mol. The summed E-state index contributed by atoms with van der Waals surface area (Å²) in [6.45, 7) is 5.03. The van der Waals surface area contributed by atoms with E-state index in [2.05, 4.69) is 21.3 Å². The van der Waals surface area contributed by atoms with Crippen LogP contribution in [0.2, 0.25) is 0 Å². The van der Waals surface area contributed by atoms with Gasteiger partial charge < -0.3 is 10.2 Å². The van der Waals surface area contributed by atoms with E-state index in [9.17, 15) is 18.0 Å². The minimum absolute atomic E-state index is 0.00217. The Morgan fingerprint density at radius 3 is 2.57 bits per heavy atom. The fourth-order valence-corrected chi connectivity index (χ4v) is 3.87. The van der Waals surface area contributed by atoms with E-state index in [1.807, 2.05) is 23.3 Å². The summed E-state index contributed by atoms with van der Waals surface area (Å²) in [5.74, 6) is 0.526. The average Bonchev–Trinajstić information content (AvgIpc) is 3.20. The molecule has 3 heterocycles. The van der Waals surface area contributed by atoms with Crippen LogP contribution in [0, 0.1) is 0 Å². The molecule has 152 valence electrons. The van der Waals surface area contributed by atoms with E-state index in [0.29, 0.717) is 38.5 Å². The van der Waals surface area contributed by atoms with E-state index in [1.54, 1.807) is 11.3 Å². The van der Waals surface area contributed by atoms with E-state index in [0.717, 1.165) is 18.7 Å². The number of nitrogens with zero attached hydrogens (tertiary/aromatic N) is 3. The molecule has 5 nitrogen and oxygen atoms in total. The summed E-state index contributed by atoms with van der Waals surface area (Å²) in [6, 6.07) is 6.26. The van der Waals surface area contributed by atoms with E-state index in [-0.39, 0.29) is 11.9 Å². The van der Waals surface area contributed by atoms with E-state index in [1.165, 1.54) is 10.9 Å². The fraction of sp³-hybridized carbons (Fsp3) is 0.474. The van der Waals surface area contributed by atoms with Crippen molar-refractivity contribution in [3.63, 3.8) is 0 Å². The molecule has 1 amide bonds. The molecule has 1 fully saturated rings. The van der Waals surface area contributed by atoms with Crippen molar-refractivity contribution in [1.29, 1.82) is 0 Å². The van der Waals surface area contributed by atoms with Crippen LogP contribution in [0.5, 0.6) is 0 Å². The molecule has 0 aromatic carbocycles. The van der Waals surface area contributed by atoms with E-state index < -0.39 is 11.7 Å². The van der Waals surface area contributed by atoms with Gasteiger partial charge >= 0.3 is 6.18 Å². The molecule has 28 heavy (non-hydrogen) atoms. The van der Waals surface area contributed by atoms with Crippen LogP contribution in [-0.2, 0) is 17.4 Å². The largest absolute Gasteiger partial charge is 0.417 e. The Labute approximate surface area is 166 Å². The van der Waals surface area contributed by atoms with Crippen molar-refractivity contribution < 1.29 is 18.0 Å². The number of piperazine rings is 1. The number of anilines is 1. The van der Waals surface area contributed by atoms with Crippen LogP contribution in [0.1, 0.15) is 17.4 Å². The second kappa shape index (κ2) is 8.91. The molecular weight excluding hydrogens is 389 g/mol. The molecule has 2 aromatic rings. The minimum Gasteiger partial charge on any atom is -0.354 e. The first-order valence-corrected chi connectivity index (χ1v) is 10.0. The highest BCUT2D eigenvalue weighted by Gasteiger charge is 2.31. The number of pyridine rings is 1. The van der Waals surface area contributed by atoms with Crippen LogP contribution in [0.4, 0.5) is 19.0 Å². The van der Waals surface area contributed by atoms with Gasteiger partial charge in [0.2, 0.25) is 5.91 Å². The number of aromatic nitrogens is 1. The third-order valence-corrected chi connectivity index (χ3v) is 5.83. The zero-order valence-corrected chi connectivity index (χ0v) is 16.4. The Hall–Kier alpha value is -2.13. The Morgan fingerprint density at radius 2 is 2.00 bits per heavy atom. The van der Waals surface area contributed by atoms with Gasteiger partial charge in [-0.1, -0.05) is 6.07 Å². The van der Waals surface area contributed by atoms with Gasteiger partial charge in [-0.2, -0.15) is 13.2 Å². The number of hydrogen-bond donors (Lipinski definition) is 1. The summed E-state index contributed by atoms with van der Waals surface area (Å²) in [5.41, 5.74) is -0.747. The van der Waals surface area contributed by atoms with Crippen LogP contribution < -0.4 is 10.2 Å². The van der Waals surface area contributed by atoms with E-state index in [4.69, 9.17) is 0 Å². The normalized spacial score (nSPS) is 16.8. The van der Waals surface area contributed by atoms with Crippen LogP contribution >= 0.6 is 11.3 Å². The van der Waals surface area contributed by atoms with Crippen LogP contribution in [0.3, 0.4) is 0 Å². The quantitative estimate of drug-likeness (QED) is 0.793. The zero-order chi connectivity index (χ0) is 20.1. The molecule has 1 aliphatic rings. The van der Waals surface area contributed by atoms with Gasteiger partial charge in [0.15, 0.2) is 0 Å². The lowest BCUT2D eigenvalue weighted by atomic mass is 10.2. The molecule has 2 aromatic heterocycles. The van der Waals surface area contributed by atoms with Crippen LogP contribution in [0.25, 0.3) is 0 Å². The molecule has 1 N–H and O–H groups in total. The van der Waals surface area contributed by atoms with Crippen molar-refractivity contribution >= 4 is 23.1 Å². The van der Waals surface area contributed by atoms with Gasteiger partial charge in [0.25, 0.3) is 0 Å². The van der Waals surface area contributed by atoms with Gasteiger partial charge in [0, 0.05) is 43.8 Å². The number of alkyl halides is 3. The standard InChI is InChI=1S/C19H23F3N4OS/c1-14(18(27)23-7-6-16-3-2-12-28-16)25-8-10-26(11-9-25)17-5-4-15(13-24-17)19(20,21)22/h2-5,12-14H,6-11H2,1H3,(H,23,27)/t14-/m1/s1. The highest BCUT2D eigenvalue weighted by Crippen LogP contribution is 2.29. The van der Waals surface area contributed by atoms with Gasteiger partial charge in [0.1, 0.15) is 5.82 Å². The number of hydrogen-bond acceptors (Lipinski definition) is 5. The predicted molar refractivity (Wildman–Crippen MR) is 104 cm³/mol. The second-order valence-corrected chi connectivity index (χ2v) is 7.75. The lowest BCUT2D eigenvalue weighted by molar-refractivity contribution is -0.137. The molecule has 1 aliphatic heterocycles. The molecule has 1 saturated heterocycles. The van der Waals surface area contributed by atoms with Crippen LogP contribution in [0.15, 0.2) is 35.8 Å². The van der Waals surface area contributed by atoms with Crippen molar-refractivity contribution in [3.05, 3.63) is 46.3 Å². The molecule has 0 aliphatic carbocycles. The minimum atomic E-state index is -4.38. The summed E-state index contributed by atoms with van der Waals surface area (Å²) >= 11 is 1.68. The number of thiophene rings is 1. The summed E-state index contributed by atoms with van der Waals surface area (Å²) in [7, 11) is 0. The summed E-state index contributed by atoms with van der Waals surface area (Å²) < 4.78 is 37.9. The molecule has 1 atom stereocenters. The number of amides is 1. The summed E-state index contributed by atoms with van der Waals surface area (Å²) in [5, 5.41) is 4.99. The lowest BCUT2D eigenvalue weighted by Crippen LogP contribution is -2.54. The summed E-state index contributed by atoms with van der Waals surface area (Å²) in [6.07, 6.45) is -2.69. The summed E-state index contributed by atoms with van der Waals surface area (Å²) in [4.78, 5) is 21.6. The van der Waals surface area contributed by atoms with Crippen molar-refractivity contribution in [2.75, 3.05) is 37.6 Å². The van der Waals surface area contributed by atoms with Gasteiger partial charge in [0.05, 0.1) is 11.6 Å². The number of carbonyl (C=O) groups excluding carboxylic acids is 1. The van der Waals surface area contributed by atoms with Crippen molar-refractivity contribution in [2.45, 2.75) is 25.6 Å². The van der Waals surface area contributed by atoms with Crippen molar-refractivity contribution in [3.8, 4) is 0 Å². The fourth-order valence-electron chi connectivity index (χ4n) is 3.16. The zero-order valence-electron chi connectivity index (χ0n) is 15.6. The van der Waals surface area contributed by atoms with Gasteiger partial charge in [-0.3, -0.25) is 9.69 Å². The maximum Gasteiger partial charge on any atom is 0.417 e. The average molecular weight is 412 g/mol. The Bertz CT molecular complexity index is 756. The topological polar surface area (TPSA) is 48.5 Å². The molecule has 0 saturated carbocycles. The molecule has 0 radical (unpaired) electrons. The first-order valence-electron chi connectivity index (χ1n) is 9.17. The lowest BCUT2D eigenvalue weighted by Gasteiger charge is -2.38. The number of rotatable bonds is 6. The first-order chi connectivity index (χ1) is 13.3. The van der Waals surface area contributed by atoms with Gasteiger partial charge in [-0.05, 0) is 36.9 Å². The maximum absolute atomic E-state index is 12.6. The first kappa shape index (κ1) is 20.6. The highest BCUT2D eigenvalue weighted by atomic mass is 32.1. The Morgan fingerprint density at radius 1 is 1.25 bits per heavy atom. The van der Waals surface area contributed by atoms with Crippen molar-refractivity contribution in [2.24, 2.45) is 0 Å². The third kappa shape index (κ3) is 5.23.